The largest absolute Gasteiger partial charge is 0.497 e. The van der Waals surface area contributed by atoms with Crippen LogP contribution in [0, 0.1) is 5.92 Å². The molecule has 0 saturated heterocycles. The Kier molecular flexibility index (Phi) is 6.39. The first-order chi connectivity index (χ1) is 15.6. The van der Waals surface area contributed by atoms with Crippen molar-refractivity contribution in [1.82, 2.24) is 0 Å². The van der Waals surface area contributed by atoms with Crippen LogP contribution in [-0.4, -0.2) is 7.11 Å². The highest BCUT2D eigenvalue weighted by atomic mass is 79.9. The minimum atomic E-state index is 0.369. The monoisotopic (exact) mass is 548 g/mol. The molecular weight excluding hydrogens is 524 g/mol. The molecule has 0 amide bonds. The first kappa shape index (κ1) is 21.7. The summed E-state index contributed by atoms with van der Waals surface area (Å²) in [5.41, 5.74) is 7.12. The van der Waals surface area contributed by atoms with E-state index in [0.29, 0.717) is 17.8 Å². The SMILES string of the molecule is COc1ccc([C@H]2C=C3/C(=C/c4ccc(Br)cc4)CCC[C@H]3[C@@H]2c2ccc(Br)cc2)cc1. The highest BCUT2D eigenvalue weighted by Gasteiger charge is 2.41. The molecule has 0 aliphatic heterocycles. The quantitative estimate of drug-likeness (QED) is 0.315. The van der Waals surface area contributed by atoms with Crippen LogP contribution in [0.3, 0.4) is 0 Å². The number of hydrogen-bond donors (Lipinski definition) is 0. The fourth-order valence-corrected chi connectivity index (χ4v) is 5.90. The predicted molar refractivity (Wildman–Crippen MR) is 140 cm³/mol. The van der Waals surface area contributed by atoms with Crippen LogP contribution in [0.2, 0.25) is 0 Å². The van der Waals surface area contributed by atoms with Gasteiger partial charge in [0.2, 0.25) is 0 Å². The first-order valence-corrected chi connectivity index (χ1v) is 12.8. The number of methoxy groups -OCH3 is 1. The summed E-state index contributed by atoms with van der Waals surface area (Å²) >= 11 is 7.17. The van der Waals surface area contributed by atoms with Gasteiger partial charge in [-0.1, -0.05) is 80.4 Å². The van der Waals surface area contributed by atoms with Gasteiger partial charge in [0.15, 0.2) is 0 Å². The molecule has 162 valence electrons. The van der Waals surface area contributed by atoms with E-state index in [1.54, 1.807) is 12.7 Å². The van der Waals surface area contributed by atoms with E-state index < -0.39 is 0 Å². The molecule has 0 heterocycles. The highest BCUT2D eigenvalue weighted by molar-refractivity contribution is 9.10. The standard InChI is InChI=1S/C29H26Br2O/c1-32-25-15-9-20(10-16-25)28-18-27-22(17-19-5-11-23(30)12-6-19)3-2-4-26(27)29(28)21-7-13-24(31)14-8-21/h5-18,26,28-29H,2-4H2,1H3/b22-17+/t26-,28-,29+/m1/s1. The van der Waals surface area contributed by atoms with Crippen molar-refractivity contribution in [2.45, 2.75) is 31.1 Å². The van der Waals surface area contributed by atoms with Crippen LogP contribution < -0.4 is 4.74 Å². The fourth-order valence-electron chi connectivity index (χ4n) is 5.37. The molecule has 3 atom stereocenters. The molecule has 2 aliphatic carbocycles. The van der Waals surface area contributed by atoms with Crippen LogP contribution in [0.5, 0.6) is 5.75 Å². The zero-order valence-electron chi connectivity index (χ0n) is 18.1. The third kappa shape index (κ3) is 4.38. The van der Waals surface area contributed by atoms with Gasteiger partial charge in [-0.25, -0.2) is 0 Å². The molecule has 0 aromatic heterocycles. The van der Waals surface area contributed by atoms with Gasteiger partial charge in [-0.3, -0.25) is 0 Å². The zero-order valence-corrected chi connectivity index (χ0v) is 21.3. The van der Waals surface area contributed by atoms with Crippen molar-refractivity contribution < 1.29 is 4.74 Å². The number of fused-ring (bicyclic) bond motifs is 1. The van der Waals surface area contributed by atoms with E-state index in [1.165, 1.54) is 35.1 Å². The first-order valence-electron chi connectivity index (χ1n) is 11.2. The van der Waals surface area contributed by atoms with Gasteiger partial charge >= 0.3 is 0 Å². The molecule has 0 unspecified atom stereocenters. The molecule has 0 spiro atoms. The van der Waals surface area contributed by atoms with Crippen LogP contribution in [0.4, 0.5) is 0 Å². The molecule has 1 saturated carbocycles. The molecule has 1 fully saturated rings. The molecule has 32 heavy (non-hydrogen) atoms. The lowest BCUT2D eigenvalue weighted by Crippen LogP contribution is -2.18. The van der Waals surface area contributed by atoms with Crippen molar-refractivity contribution in [3.05, 3.63) is 116 Å². The summed E-state index contributed by atoms with van der Waals surface area (Å²) in [5.74, 6) is 2.29. The summed E-state index contributed by atoms with van der Waals surface area (Å²) < 4.78 is 7.66. The van der Waals surface area contributed by atoms with Crippen LogP contribution in [0.15, 0.2) is 99.0 Å². The molecule has 5 rings (SSSR count). The van der Waals surface area contributed by atoms with Gasteiger partial charge in [0.1, 0.15) is 5.75 Å². The van der Waals surface area contributed by atoms with Gasteiger partial charge in [0, 0.05) is 20.8 Å². The third-order valence-corrected chi connectivity index (χ3v) is 7.93. The highest BCUT2D eigenvalue weighted by Crippen LogP contribution is 2.55. The topological polar surface area (TPSA) is 9.23 Å². The van der Waals surface area contributed by atoms with Crippen LogP contribution in [0.1, 0.15) is 47.8 Å². The van der Waals surface area contributed by atoms with Crippen molar-refractivity contribution in [2.75, 3.05) is 7.11 Å². The molecule has 2 aliphatic rings. The molecule has 0 N–H and O–H groups in total. The maximum Gasteiger partial charge on any atom is 0.118 e. The van der Waals surface area contributed by atoms with Gasteiger partial charge in [-0.2, -0.15) is 0 Å². The molecule has 3 heteroatoms. The van der Waals surface area contributed by atoms with Crippen molar-refractivity contribution in [3.63, 3.8) is 0 Å². The summed E-state index contributed by atoms with van der Waals surface area (Å²) in [7, 11) is 1.73. The number of rotatable bonds is 4. The summed E-state index contributed by atoms with van der Waals surface area (Å²) in [6, 6.07) is 26.3. The van der Waals surface area contributed by atoms with Gasteiger partial charge < -0.3 is 4.74 Å². The van der Waals surface area contributed by atoms with Gasteiger partial charge in [0.05, 0.1) is 7.11 Å². The number of benzene rings is 3. The summed E-state index contributed by atoms with van der Waals surface area (Å²) in [6.45, 7) is 0. The Bertz CT molecular complexity index is 1140. The Morgan fingerprint density at radius 1 is 0.812 bits per heavy atom. The molecular formula is C29H26Br2O. The molecule has 0 bridgehead atoms. The second-order valence-electron chi connectivity index (χ2n) is 8.72. The number of ether oxygens (including phenoxy) is 1. The lowest BCUT2D eigenvalue weighted by molar-refractivity contribution is 0.413. The average Bonchev–Trinajstić information content (AvgIpc) is 3.22. The number of hydrogen-bond acceptors (Lipinski definition) is 1. The Morgan fingerprint density at radius 2 is 1.44 bits per heavy atom. The van der Waals surface area contributed by atoms with Crippen LogP contribution in [-0.2, 0) is 0 Å². The Hall–Kier alpha value is -2.10. The van der Waals surface area contributed by atoms with Gasteiger partial charge in [-0.05, 0) is 89.4 Å². The zero-order chi connectivity index (χ0) is 22.1. The van der Waals surface area contributed by atoms with Crippen molar-refractivity contribution in [2.24, 2.45) is 5.92 Å². The normalized spacial score (nSPS) is 23.7. The summed E-state index contributed by atoms with van der Waals surface area (Å²) in [5, 5.41) is 0. The fraction of sp³-hybridized carbons (Fsp3) is 0.241. The Balaban J connectivity index is 1.57. The average molecular weight is 550 g/mol. The van der Waals surface area contributed by atoms with Crippen molar-refractivity contribution in [1.29, 1.82) is 0 Å². The Morgan fingerprint density at radius 3 is 2.09 bits per heavy atom. The van der Waals surface area contributed by atoms with E-state index in [4.69, 9.17) is 4.74 Å². The molecule has 0 radical (unpaired) electrons. The number of halogens is 2. The summed E-state index contributed by atoms with van der Waals surface area (Å²) in [4.78, 5) is 0. The third-order valence-electron chi connectivity index (χ3n) is 6.88. The number of allylic oxidation sites excluding steroid dienone is 3. The molecule has 3 aromatic carbocycles. The van der Waals surface area contributed by atoms with E-state index in [0.717, 1.165) is 21.1 Å². The second-order valence-corrected chi connectivity index (χ2v) is 10.5. The smallest absolute Gasteiger partial charge is 0.118 e. The van der Waals surface area contributed by atoms with Crippen molar-refractivity contribution in [3.8, 4) is 5.75 Å². The van der Waals surface area contributed by atoms with E-state index >= 15 is 0 Å². The van der Waals surface area contributed by atoms with Gasteiger partial charge in [-0.15, -0.1) is 0 Å². The van der Waals surface area contributed by atoms with E-state index in [1.807, 2.05) is 0 Å². The lowest BCUT2D eigenvalue weighted by Gasteiger charge is -2.31. The Labute approximate surface area is 207 Å². The lowest BCUT2D eigenvalue weighted by atomic mass is 9.72. The van der Waals surface area contributed by atoms with E-state index in [9.17, 15) is 0 Å². The van der Waals surface area contributed by atoms with Crippen molar-refractivity contribution >= 4 is 37.9 Å². The maximum atomic E-state index is 5.41. The van der Waals surface area contributed by atoms with Crippen LogP contribution in [0.25, 0.3) is 6.08 Å². The minimum absolute atomic E-state index is 0.369. The van der Waals surface area contributed by atoms with E-state index in [2.05, 4.69) is 117 Å². The second kappa shape index (κ2) is 9.41. The maximum absolute atomic E-state index is 5.41. The summed E-state index contributed by atoms with van der Waals surface area (Å²) in [6.07, 6.45) is 8.60. The molecule has 3 aromatic rings. The van der Waals surface area contributed by atoms with E-state index in [-0.39, 0.29) is 0 Å². The molecule has 1 nitrogen and oxygen atoms in total. The van der Waals surface area contributed by atoms with Crippen LogP contribution >= 0.6 is 31.9 Å². The predicted octanol–water partition coefficient (Wildman–Crippen LogP) is 8.91. The minimum Gasteiger partial charge on any atom is -0.497 e. The van der Waals surface area contributed by atoms with Gasteiger partial charge in [0.25, 0.3) is 0 Å².